The highest BCUT2D eigenvalue weighted by atomic mass is 19.3. The van der Waals surface area contributed by atoms with Gasteiger partial charge in [-0.3, -0.25) is 9.89 Å². The highest BCUT2D eigenvalue weighted by Crippen LogP contribution is 2.37. The number of aromatic nitrogens is 2. The Morgan fingerprint density at radius 1 is 1.67 bits per heavy atom. The molecule has 1 aromatic rings. The SMILES string of the molecule is CCc1cn[nH]c1NC(=O)C1CCCC(F)(F)C1. The van der Waals surface area contributed by atoms with Crippen molar-refractivity contribution in [3.63, 3.8) is 0 Å². The zero-order valence-corrected chi connectivity index (χ0v) is 10.3. The van der Waals surface area contributed by atoms with Crippen LogP contribution in [0.25, 0.3) is 0 Å². The number of nitrogens with zero attached hydrogens (tertiary/aromatic N) is 1. The van der Waals surface area contributed by atoms with Crippen molar-refractivity contribution in [2.24, 2.45) is 5.92 Å². The number of nitrogens with one attached hydrogen (secondary N) is 2. The van der Waals surface area contributed by atoms with E-state index in [1.54, 1.807) is 6.20 Å². The van der Waals surface area contributed by atoms with Gasteiger partial charge < -0.3 is 5.32 Å². The molecule has 2 rings (SSSR count). The van der Waals surface area contributed by atoms with E-state index in [9.17, 15) is 13.6 Å². The van der Waals surface area contributed by atoms with Gasteiger partial charge in [-0.2, -0.15) is 5.10 Å². The molecule has 0 aliphatic heterocycles. The molecule has 1 aliphatic rings. The van der Waals surface area contributed by atoms with Crippen LogP contribution in [0.1, 0.15) is 38.2 Å². The van der Waals surface area contributed by atoms with Crippen molar-refractivity contribution in [2.75, 3.05) is 5.32 Å². The average Bonchev–Trinajstić information content (AvgIpc) is 2.75. The summed E-state index contributed by atoms with van der Waals surface area (Å²) >= 11 is 0. The molecule has 18 heavy (non-hydrogen) atoms. The number of aryl methyl sites for hydroxylation is 1. The number of hydrogen-bond acceptors (Lipinski definition) is 2. The number of carbonyl (C=O) groups is 1. The quantitative estimate of drug-likeness (QED) is 0.874. The lowest BCUT2D eigenvalue weighted by Gasteiger charge is -2.27. The molecule has 100 valence electrons. The van der Waals surface area contributed by atoms with Crippen molar-refractivity contribution in [1.82, 2.24) is 10.2 Å². The first kappa shape index (κ1) is 13.0. The molecule has 0 aromatic carbocycles. The zero-order chi connectivity index (χ0) is 13.2. The Hall–Kier alpha value is -1.46. The van der Waals surface area contributed by atoms with Crippen molar-refractivity contribution in [3.05, 3.63) is 11.8 Å². The van der Waals surface area contributed by atoms with Crippen LogP contribution in [-0.2, 0) is 11.2 Å². The summed E-state index contributed by atoms with van der Waals surface area (Å²) in [5.41, 5.74) is 0.880. The van der Waals surface area contributed by atoms with Gasteiger partial charge in [-0.1, -0.05) is 6.92 Å². The molecule has 1 amide bonds. The van der Waals surface area contributed by atoms with E-state index >= 15 is 0 Å². The number of aromatic amines is 1. The Kier molecular flexibility index (Phi) is 3.63. The summed E-state index contributed by atoms with van der Waals surface area (Å²) in [7, 11) is 0. The molecule has 1 saturated carbocycles. The number of alkyl halides is 2. The van der Waals surface area contributed by atoms with E-state index in [1.807, 2.05) is 6.92 Å². The molecule has 0 radical (unpaired) electrons. The average molecular weight is 257 g/mol. The van der Waals surface area contributed by atoms with Crippen LogP contribution < -0.4 is 5.32 Å². The van der Waals surface area contributed by atoms with Crippen LogP contribution in [0, 0.1) is 5.92 Å². The molecule has 6 heteroatoms. The lowest BCUT2D eigenvalue weighted by atomic mass is 9.86. The Balaban J connectivity index is 2.00. The van der Waals surface area contributed by atoms with E-state index < -0.39 is 11.8 Å². The number of rotatable bonds is 3. The Labute approximate surface area is 104 Å². The molecule has 1 aliphatic carbocycles. The van der Waals surface area contributed by atoms with Gasteiger partial charge in [0.05, 0.1) is 6.20 Å². The van der Waals surface area contributed by atoms with Gasteiger partial charge in [-0.25, -0.2) is 8.78 Å². The van der Waals surface area contributed by atoms with Crippen LogP contribution in [0.3, 0.4) is 0 Å². The van der Waals surface area contributed by atoms with Crippen LogP contribution >= 0.6 is 0 Å². The molecule has 1 heterocycles. The molecule has 1 unspecified atom stereocenters. The number of halogens is 2. The minimum absolute atomic E-state index is 0.110. The topological polar surface area (TPSA) is 57.8 Å². The molecule has 4 nitrogen and oxygen atoms in total. The lowest BCUT2D eigenvalue weighted by molar-refractivity contribution is -0.127. The first-order valence-electron chi connectivity index (χ1n) is 6.23. The summed E-state index contributed by atoms with van der Waals surface area (Å²) in [6.45, 7) is 1.94. The maximum Gasteiger partial charge on any atom is 0.248 e. The molecule has 2 N–H and O–H groups in total. The molecule has 1 aromatic heterocycles. The second-order valence-corrected chi connectivity index (χ2v) is 4.76. The Morgan fingerprint density at radius 3 is 3.11 bits per heavy atom. The third-order valence-electron chi connectivity index (χ3n) is 3.36. The van der Waals surface area contributed by atoms with Gasteiger partial charge in [0.1, 0.15) is 5.82 Å². The number of H-pyrrole nitrogens is 1. The smallest absolute Gasteiger partial charge is 0.248 e. The van der Waals surface area contributed by atoms with Crippen LogP contribution in [0.15, 0.2) is 6.20 Å². The van der Waals surface area contributed by atoms with Gasteiger partial charge in [0.25, 0.3) is 0 Å². The van der Waals surface area contributed by atoms with Crippen molar-refractivity contribution < 1.29 is 13.6 Å². The van der Waals surface area contributed by atoms with Crippen molar-refractivity contribution >= 4 is 11.7 Å². The number of carbonyl (C=O) groups excluding carboxylic acids is 1. The largest absolute Gasteiger partial charge is 0.311 e. The summed E-state index contributed by atoms with van der Waals surface area (Å²) in [5.74, 6) is -3.13. The van der Waals surface area contributed by atoms with E-state index in [4.69, 9.17) is 0 Å². The van der Waals surface area contributed by atoms with Crippen LogP contribution in [0.2, 0.25) is 0 Å². The Bertz CT molecular complexity index is 431. The summed E-state index contributed by atoms with van der Waals surface area (Å²) < 4.78 is 26.5. The minimum Gasteiger partial charge on any atom is -0.311 e. The monoisotopic (exact) mass is 257 g/mol. The summed E-state index contributed by atoms with van der Waals surface area (Å²) in [6.07, 6.45) is 2.82. The van der Waals surface area contributed by atoms with Gasteiger partial charge in [0.15, 0.2) is 0 Å². The summed E-state index contributed by atoms with van der Waals surface area (Å²) in [6, 6.07) is 0. The standard InChI is InChI=1S/C12H17F2N3O/c1-2-8-7-15-17-10(8)16-11(18)9-4-3-5-12(13,14)6-9/h7,9H,2-6H2,1H3,(H2,15,16,17,18). The second-order valence-electron chi connectivity index (χ2n) is 4.76. The van der Waals surface area contributed by atoms with E-state index in [0.29, 0.717) is 18.7 Å². The fourth-order valence-electron chi connectivity index (χ4n) is 2.31. The maximum absolute atomic E-state index is 13.2. The number of hydrogen-bond donors (Lipinski definition) is 2. The van der Waals surface area contributed by atoms with Gasteiger partial charge in [-0.05, 0) is 19.3 Å². The highest BCUT2D eigenvalue weighted by Gasteiger charge is 2.39. The molecular formula is C12H17F2N3O. The Morgan fingerprint density at radius 2 is 2.44 bits per heavy atom. The van der Waals surface area contributed by atoms with Crippen molar-refractivity contribution in [2.45, 2.75) is 45.0 Å². The van der Waals surface area contributed by atoms with E-state index in [2.05, 4.69) is 15.5 Å². The summed E-state index contributed by atoms with van der Waals surface area (Å²) in [4.78, 5) is 11.9. The number of anilines is 1. The first-order valence-corrected chi connectivity index (χ1v) is 6.23. The minimum atomic E-state index is -2.71. The fraction of sp³-hybridized carbons (Fsp3) is 0.667. The van der Waals surface area contributed by atoms with Crippen molar-refractivity contribution in [3.8, 4) is 0 Å². The van der Waals surface area contributed by atoms with Crippen LogP contribution in [0.4, 0.5) is 14.6 Å². The molecule has 1 atom stereocenters. The van der Waals surface area contributed by atoms with Gasteiger partial charge >= 0.3 is 0 Å². The first-order chi connectivity index (χ1) is 8.52. The number of amides is 1. The normalized spacial score (nSPS) is 22.7. The fourth-order valence-corrected chi connectivity index (χ4v) is 2.31. The highest BCUT2D eigenvalue weighted by molar-refractivity contribution is 5.92. The van der Waals surface area contributed by atoms with Crippen LogP contribution in [0.5, 0.6) is 0 Å². The second kappa shape index (κ2) is 5.04. The maximum atomic E-state index is 13.2. The van der Waals surface area contributed by atoms with Gasteiger partial charge in [-0.15, -0.1) is 0 Å². The van der Waals surface area contributed by atoms with Gasteiger partial charge in [0.2, 0.25) is 11.8 Å². The van der Waals surface area contributed by atoms with Crippen molar-refractivity contribution in [1.29, 1.82) is 0 Å². The molecule has 1 fully saturated rings. The van der Waals surface area contributed by atoms with Gasteiger partial charge in [0, 0.05) is 24.3 Å². The lowest BCUT2D eigenvalue weighted by Crippen LogP contribution is -2.33. The molecular weight excluding hydrogens is 240 g/mol. The van der Waals surface area contributed by atoms with Crippen LogP contribution in [-0.4, -0.2) is 22.0 Å². The third kappa shape index (κ3) is 2.86. The molecule has 0 spiro atoms. The predicted molar refractivity (Wildman–Crippen MR) is 63.5 cm³/mol. The third-order valence-corrected chi connectivity index (χ3v) is 3.36. The zero-order valence-electron chi connectivity index (χ0n) is 10.3. The predicted octanol–water partition coefficient (Wildman–Crippen LogP) is 2.74. The molecule has 0 saturated heterocycles. The van der Waals surface area contributed by atoms with E-state index in [0.717, 1.165) is 12.0 Å². The van der Waals surface area contributed by atoms with E-state index in [1.165, 1.54) is 0 Å². The summed E-state index contributed by atoms with van der Waals surface area (Å²) in [5, 5.41) is 9.17. The molecule has 0 bridgehead atoms. The van der Waals surface area contributed by atoms with E-state index in [-0.39, 0.29) is 18.7 Å².